The first-order chi connectivity index (χ1) is 12.4. The molecule has 142 valence electrons. The van der Waals surface area contributed by atoms with E-state index in [4.69, 9.17) is 15.9 Å². The van der Waals surface area contributed by atoms with E-state index in [2.05, 4.69) is 16.0 Å². The lowest BCUT2D eigenvalue weighted by Crippen LogP contribution is -2.52. The maximum Gasteiger partial charge on any atom is 0.328 e. The SMILES string of the molecule is NCC(=O)NC(Cc1ccccc1)C(=O)NCC(=O)NC(CO)C(=O)O. The molecule has 10 heteroatoms. The van der Waals surface area contributed by atoms with E-state index in [9.17, 15) is 19.2 Å². The highest BCUT2D eigenvalue weighted by molar-refractivity contribution is 5.92. The molecule has 2 unspecified atom stereocenters. The average Bonchev–Trinajstić information content (AvgIpc) is 2.63. The normalized spacial score (nSPS) is 12.5. The fourth-order valence-corrected chi connectivity index (χ4v) is 2.03. The quantitative estimate of drug-likeness (QED) is 0.262. The van der Waals surface area contributed by atoms with Gasteiger partial charge in [0.1, 0.15) is 12.1 Å². The van der Waals surface area contributed by atoms with Gasteiger partial charge in [0.25, 0.3) is 0 Å². The largest absolute Gasteiger partial charge is 0.480 e. The molecule has 7 N–H and O–H groups in total. The number of hydrogen-bond donors (Lipinski definition) is 6. The Morgan fingerprint density at radius 1 is 1.00 bits per heavy atom. The van der Waals surface area contributed by atoms with Gasteiger partial charge < -0.3 is 31.9 Å². The van der Waals surface area contributed by atoms with Crippen LogP contribution in [0.1, 0.15) is 5.56 Å². The van der Waals surface area contributed by atoms with Crippen molar-refractivity contribution in [1.29, 1.82) is 0 Å². The molecule has 0 bridgehead atoms. The Labute approximate surface area is 149 Å². The molecule has 0 radical (unpaired) electrons. The third-order valence-corrected chi connectivity index (χ3v) is 3.36. The molecule has 10 nitrogen and oxygen atoms in total. The van der Waals surface area contributed by atoms with Crippen LogP contribution in [-0.2, 0) is 25.6 Å². The summed E-state index contributed by atoms with van der Waals surface area (Å²) in [6.07, 6.45) is 0.189. The highest BCUT2D eigenvalue weighted by Gasteiger charge is 2.23. The second-order valence-corrected chi connectivity index (χ2v) is 5.37. The van der Waals surface area contributed by atoms with Crippen LogP contribution in [0.15, 0.2) is 30.3 Å². The van der Waals surface area contributed by atoms with Crippen LogP contribution in [0.25, 0.3) is 0 Å². The van der Waals surface area contributed by atoms with E-state index < -0.39 is 48.9 Å². The van der Waals surface area contributed by atoms with Crippen LogP contribution in [0.4, 0.5) is 0 Å². The highest BCUT2D eigenvalue weighted by Crippen LogP contribution is 2.03. The monoisotopic (exact) mass is 366 g/mol. The Kier molecular flexibility index (Phi) is 8.75. The number of benzene rings is 1. The maximum absolute atomic E-state index is 12.3. The molecule has 3 amide bonds. The van der Waals surface area contributed by atoms with E-state index in [0.29, 0.717) is 0 Å². The maximum atomic E-state index is 12.3. The average molecular weight is 366 g/mol. The second kappa shape index (κ2) is 10.8. The van der Waals surface area contributed by atoms with Gasteiger partial charge in [0.2, 0.25) is 17.7 Å². The number of hydrogen-bond acceptors (Lipinski definition) is 6. The van der Waals surface area contributed by atoms with Gasteiger partial charge in [-0.1, -0.05) is 30.3 Å². The molecule has 26 heavy (non-hydrogen) atoms. The molecular formula is C16H22N4O6. The first-order valence-corrected chi connectivity index (χ1v) is 7.81. The number of carbonyl (C=O) groups is 4. The van der Waals surface area contributed by atoms with Crippen molar-refractivity contribution in [3.05, 3.63) is 35.9 Å². The van der Waals surface area contributed by atoms with E-state index in [1.54, 1.807) is 30.3 Å². The Balaban J connectivity index is 2.65. The molecule has 0 aliphatic heterocycles. The standard InChI is InChI=1S/C16H22N4O6/c17-7-13(22)19-11(6-10-4-2-1-3-5-10)15(24)18-8-14(23)20-12(9-21)16(25)26/h1-5,11-12,21H,6-9,17H2,(H,18,24)(H,19,22)(H,20,23)(H,25,26). The molecule has 0 spiro atoms. The number of rotatable bonds is 10. The topological polar surface area (TPSA) is 171 Å². The van der Waals surface area contributed by atoms with Crippen LogP contribution in [0, 0.1) is 0 Å². The summed E-state index contributed by atoms with van der Waals surface area (Å²) in [5, 5.41) is 24.5. The van der Waals surface area contributed by atoms with Crippen molar-refractivity contribution in [3.8, 4) is 0 Å². The zero-order chi connectivity index (χ0) is 19.5. The van der Waals surface area contributed by atoms with Crippen molar-refractivity contribution in [1.82, 2.24) is 16.0 Å². The summed E-state index contributed by atoms with van der Waals surface area (Å²) in [6, 6.07) is 6.51. The molecule has 0 aliphatic carbocycles. The van der Waals surface area contributed by atoms with E-state index in [0.717, 1.165) is 5.56 Å². The molecule has 0 aromatic heterocycles. The number of carboxylic acid groups (broad SMARTS) is 1. The van der Waals surface area contributed by atoms with Crippen LogP contribution in [0.5, 0.6) is 0 Å². The van der Waals surface area contributed by atoms with E-state index in [1.165, 1.54) is 0 Å². The molecule has 1 aromatic carbocycles. The molecule has 2 atom stereocenters. The van der Waals surface area contributed by atoms with E-state index in [1.807, 2.05) is 0 Å². The van der Waals surface area contributed by atoms with Gasteiger partial charge in [0, 0.05) is 6.42 Å². The van der Waals surface area contributed by atoms with Crippen molar-refractivity contribution < 1.29 is 29.4 Å². The minimum atomic E-state index is -1.46. The number of aliphatic hydroxyl groups excluding tert-OH is 1. The lowest BCUT2D eigenvalue weighted by Gasteiger charge is -2.18. The van der Waals surface area contributed by atoms with Gasteiger partial charge in [-0.05, 0) is 5.56 Å². The fourth-order valence-electron chi connectivity index (χ4n) is 2.03. The number of aliphatic hydroxyl groups is 1. The summed E-state index contributed by atoms with van der Waals surface area (Å²) in [7, 11) is 0. The Morgan fingerprint density at radius 2 is 1.62 bits per heavy atom. The summed E-state index contributed by atoms with van der Waals surface area (Å²) in [6.45, 7) is -1.58. The molecular weight excluding hydrogens is 344 g/mol. The van der Waals surface area contributed by atoms with Crippen LogP contribution < -0.4 is 21.7 Å². The number of aliphatic carboxylic acids is 1. The first kappa shape index (κ1) is 21.1. The summed E-state index contributed by atoms with van der Waals surface area (Å²) >= 11 is 0. The van der Waals surface area contributed by atoms with Crippen molar-refractivity contribution in [2.75, 3.05) is 19.7 Å². The van der Waals surface area contributed by atoms with Crippen molar-refractivity contribution in [3.63, 3.8) is 0 Å². The fraction of sp³-hybridized carbons (Fsp3) is 0.375. The van der Waals surface area contributed by atoms with Gasteiger partial charge in [-0.25, -0.2) is 4.79 Å². The number of carbonyl (C=O) groups excluding carboxylic acids is 3. The minimum Gasteiger partial charge on any atom is -0.480 e. The summed E-state index contributed by atoms with van der Waals surface area (Å²) in [5.41, 5.74) is 6.04. The van der Waals surface area contributed by atoms with Gasteiger partial charge in [-0.3, -0.25) is 14.4 Å². The summed E-state index contributed by atoms with van der Waals surface area (Å²) in [5.74, 6) is -3.34. The molecule has 1 aromatic rings. The molecule has 0 saturated heterocycles. The third-order valence-electron chi connectivity index (χ3n) is 3.36. The lowest BCUT2D eigenvalue weighted by molar-refractivity contribution is -0.142. The zero-order valence-electron chi connectivity index (χ0n) is 14.0. The van der Waals surface area contributed by atoms with Gasteiger partial charge in [0.05, 0.1) is 19.7 Å². The summed E-state index contributed by atoms with van der Waals surface area (Å²) < 4.78 is 0. The second-order valence-electron chi connectivity index (χ2n) is 5.37. The van der Waals surface area contributed by atoms with Gasteiger partial charge in [0.15, 0.2) is 0 Å². The van der Waals surface area contributed by atoms with Gasteiger partial charge in [-0.15, -0.1) is 0 Å². The Hall–Kier alpha value is -2.98. The van der Waals surface area contributed by atoms with E-state index in [-0.39, 0.29) is 13.0 Å². The smallest absolute Gasteiger partial charge is 0.328 e. The molecule has 0 fully saturated rings. The summed E-state index contributed by atoms with van der Waals surface area (Å²) in [4.78, 5) is 46.2. The van der Waals surface area contributed by atoms with Crippen LogP contribution in [0.3, 0.4) is 0 Å². The van der Waals surface area contributed by atoms with Crippen molar-refractivity contribution >= 4 is 23.7 Å². The van der Waals surface area contributed by atoms with Crippen LogP contribution in [-0.4, -0.2) is 65.7 Å². The Bertz CT molecular complexity index is 637. The Morgan fingerprint density at radius 3 is 2.15 bits per heavy atom. The molecule has 0 heterocycles. The van der Waals surface area contributed by atoms with Gasteiger partial charge in [-0.2, -0.15) is 0 Å². The van der Waals surface area contributed by atoms with Crippen molar-refractivity contribution in [2.45, 2.75) is 18.5 Å². The highest BCUT2D eigenvalue weighted by atomic mass is 16.4. The number of amides is 3. The predicted octanol–water partition coefficient (Wildman–Crippen LogP) is -2.65. The number of nitrogens with two attached hydrogens (primary N) is 1. The van der Waals surface area contributed by atoms with Crippen molar-refractivity contribution in [2.24, 2.45) is 5.73 Å². The van der Waals surface area contributed by atoms with E-state index >= 15 is 0 Å². The zero-order valence-corrected chi connectivity index (χ0v) is 14.0. The first-order valence-electron chi connectivity index (χ1n) is 7.81. The van der Waals surface area contributed by atoms with Crippen LogP contribution in [0.2, 0.25) is 0 Å². The third kappa shape index (κ3) is 7.28. The number of carboxylic acids is 1. The predicted molar refractivity (Wildman–Crippen MR) is 90.8 cm³/mol. The molecule has 0 aliphatic rings. The van der Waals surface area contributed by atoms with Crippen LogP contribution >= 0.6 is 0 Å². The molecule has 0 saturated carbocycles. The number of nitrogens with one attached hydrogen (secondary N) is 3. The lowest BCUT2D eigenvalue weighted by atomic mass is 10.1. The minimum absolute atomic E-state index is 0.189. The van der Waals surface area contributed by atoms with Gasteiger partial charge >= 0.3 is 5.97 Å². The molecule has 1 rings (SSSR count).